The zero-order valence-electron chi connectivity index (χ0n) is 16.4. The van der Waals surface area contributed by atoms with E-state index in [4.69, 9.17) is 0 Å². The van der Waals surface area contributed by atoms with Gasteiger partial charge in [0.1, 0.15) is 12.4 Å². The molecule has 0 aliphatic carbocycles. The Kier molecular flexibility index (Phi) is 6.48. The minimum atomic E-state index is -0.191. The predicted octanol–water partition coefficient (Wildman–Crippen LogP) is 2.69. The van der Waals surface area contributed by atoms with Crippen molar-refractivity contribution in [3.05, 3.63) is 52.2 Å². The molecule has 1 aromatic carbocycles. The Balaban J connectivity index is 1.80. The summed E-state index contributed by atoms with van der Waals surface area (Å²) in [5.74, 6) is 1.29. The van der Waals surface area contributed by atoms with Gasteiger partial charge in [-0.3, -0.25) is 9.36 Å². The summed E-state index contributed by atoms with van der Waals surface area (Å²) in [6.07, 6.45) is 4.96. The van der Waals surface area contributed by atoms with Crippen LogP contribution in [0.25, 0.3) is 0 Å². The summed E-state index contributed by atoms with van der Waals surface area (Å²) in [6.45, 7) is 6.38. The minimum Gasteiger partial charge on any atom is -0.341 e. The standard InChI is InChI=1S/C21H30N4O2/c1-3-4-12-19-22-25(16-20(26)23-13-8-9-17(2)14-23)21(27)24(19)15-18-10-6-5-7-11-18/h5-7,10-11,17H,3-4,8-9,12-16H2,1-2H3. The first-order valence-corrected chi connectivity index (χ1v) is 10.1. The van der Waals surface area contributed by atoms with E-state index in [-0.39, 0.29) is 18.1 Å². The summed E-state index contributed by atoms with van der Waals surface area (Å²) in [5, 5.41) is 4.52. The maximum absolute atomic E-state index is 12.9. The first-order valence-electron chi connectivity index (χ1n) is 10.1. The molecule has 1 saturated heterocycles. The highest BCUT2D eigenvalue weighted by atomic mass is 16.2. The van der Waals surface area contributed by atoms with Crippen molar-refractivity contribution in [3.8, 4) is 0 Å². The molecule has 0 bridgehead atoms. The summed E-state index contributed by atoms with van der Waals surface area (Å²) < 4.78 is 3.08. The summed E-state index contributed by atoms with van der Waals surface area (Å²) >= 11 is 0. The molecule has 1 amide bonds. The topological polar surface area (TPSA) is 60.1 Å². The highest BCUT2D eigenvalue weighted by Crippen LogP contribution is 2.15. The quantitative estimate of drug-likeness (QED) is 0.753. The van der Waals surface area contributed by atoms with Gasteiger partial charge in [0.25, 0.3) is 0 Å². The minimum absolute atomic E-state index is 0.00458. The lowest BCUT2D eigenvalue weighted by molar-refractivity contribution is -0.133. The summed E-state index contributed by atoms with van der Waals surface area (Å²) in [4.78, 5) is 27.5. The predicted molar refractivity (Wildman–Crippen MR) is 106 cm³/mol. The zero-order valence-corrected chi connectivity index (χ0v) is 16.4. The molecule has 1 aromatic heterocycles. The van der Waals surface area contributed by atoms with E-state index in [0.717, 1.165) is 56.6 Å². The summed E-state index contributed by atoms with van der Waals surface area (Å²) in [7, 11) is 0. The molecule has 1 unspecified atom stereocenters. The van der Waals surface area contributed by atoms with Crippen LogP contribution in [-0.2, 0) is 24.3 Å². The molecule has 146 valence electrons. The molecule has 27 heavy (non-hydrogen) atoms. The van der Waals surface area contributed by atoms with E-state index in [9.17, 15) is 9.59 Å². The van der Waals surface area contributed by atoms with Crippen LogP contribution in [0, 0.1) is 5.92 Å². The summed E-state index contributed by atoms with van der Waals surface area (Å²) in [6, 6.07) is 9.92. The third-order valence-corrected chi connectivity index (χ3v) is 5.23. The smallest absolute Gasteiger partial charge is 0.341 e. The number of nitrogens with zero attached hydrogens (tertiary/aromatic N) is 4. The number of rotatable bonds is 7. The number of aromatic nitrogens is 3. The molecule has 1 aliphatic rings. The fraction of sp³-hybridized carbons (Fsp3) is 0.571. The molecule has 6 heteroatoms. The van der Waals surface area contributed by atoms with Gasteiger partial charge in [0.05, 0.1) is 6.54 Å². The Bertz CT molecular complexity index is 809. The van der Waals surface area contributed by atoms with Crippen LogP contribution in [0.5, 0.6) is 0 Å². The van der Waals surface area contributed by atoms with Crippen LogP contribution >= 0.6 is 0 Å². The molecule has 0 saturated carbocycles. The van der Waals surface area contributed by atoms with Crippen LogP contribution in [-0.4, -0.2) is 38.2 Å². The molecule has 3 rings (SSSR count). The van der Waals surface area contributed by atoms with Gasteiger partial charge in [0, 0.05) is 19.5 Å². The van der Waals surface area contributed by atoms with Gasteiger partial charge >= 0.3 is 5.69 Å². The van der Waals surface area contributed by atoms with Crippen LogP contribution in [0.1, 0.15) is 50.9 Å². The molecule has 0 spiro atoms. The van der Waals surface area contributed by atoms with Gasteiger partial charge < -0.3 is 4.90 Å². The van der Waals surface area contributed by atoms with E-state index in [1.54, 1.807) is 4.57 Å². The first kappa shape index (κ1) is 19.4. The van der Waals surface area contributed by atoms with Gasteiger partial charge in [-0.25, -0.2) is 9.48 Å². The number of hydrogen-bond acceptors (Lipinski definition) is 3. The third-order valence-electron chi connectivity index (χ3n) is 5.23. The van der Waals surface area contributed by atoms with Gasteiger partial charge in [0.15, 0.2) is 0 Å². The molecule has 1 atom stereocenters. The number of likely N-dealkylation sites (tertiary alicyclic amines) is 1. The molecule has 0 N–H and O–H groups in total. The van der Waals surface area contributed by atoms with Crippen molar-refractivity contribution in [1.29, 1.82) is 0 Å². The molecule has 2 heterocycles. The Hall–Kier alpha value is -2.37. The Morgan fingerprint density at radius 2 is 2.04 bits per heavy atom. The van der Waals surface area contributed by atoms with E-state index in [0.29, 0.717) is 12.5 Å². The van der Waals surface area contributed by atoms with Crippen molar-refractivity contribution < 1.29 is 4.79 Å². The highest BCUT2D eigenvalue weighted by molar-refractivity contribution is 5.76. The Labute approximate surface area is 160 Å². The van der Waals surface area contributed by atoms with E-state index in [1.807, 2.05) is 35.2 Å². The van der Waals surface area contributed by atoms with Crippen LogP contribution < -0.4 is 5.69 Å². The van der Waals surface area contributed by atoms with Gasteiger partial charge in [0.2, 0.25) is 5.91 Å². The molecular formula is C21H30N4O2. The lowest BCUT2D eigenvalue weighted by Gasteiger charge is -2.30. The monoisotopic (exact) mass is 370 g/mol. The molecule has 1 fully saturated rings. The zero-order chi connectivity index (χ0) is 19.2. The van der Waals surface area contributed by atoms with E-state index < -0.39 is 0 Å². The maximum Gasteiger partial charge on any atom is 0.346 e. The Morgan fingerprint density at radius 3 is 2.74 bits per heavy atom. The number of benzene rings is 1. The van der Waals surface area contributed by atoms with E-state index >= 15 is 0 Å². The molecular weight excluding hydrogens is 340 g/mol. The molecule has 6 nitrogen and oxygen atoms in total. The SMILES string of the molecule is CCCCc1nn(CC(=O)N2CCCC(C)C2)c(=O)n1Cc1ccccc1. The van der Waals surface area contributed by atoms with Crippen molar-refractivity contribution >= 4 is 5.91 Å². The number of carbonyl (C=O) groups is 1. The maximum atomic E-state index is 12.9. The lowest BCUT2D eigenvalue weighted by Crippen LogP contribution is -2.42. The number of carbonyl (C=O) groups excluding carboxylic acids is 1. The van der Waals surface area contributed by atoms with Crippen molar-refractivity contribution in [2.45, 2.75) is 59.0 Å². The average Bonchev–Trinajstić information content (AvgIpc) is 2.96. The van der Waals surface area contributed by atoms with E-state index in [1.165, 1.54) is 4.68 Å². The van der Waals surface area contributed by atoms with Gasteiger partial charge in [-0.2, -0.15) is 5.10 Å². The van der Waals surface area contributed by atoms with Crippen molar-refractivity contribution in [3.63, 3.8) is 0 Å². The fourth-order valence-corrected chi connectivity index (χ4v) is 3.68. The van der Waals surface area contributed by atoms with Gasteiger partial charge in [-0.15, -0.1) is 0 Å². The number of piperidine rings is 1. The Morgan fingerprint density at radius 1 is 1.26 bits per heavy atom. The summed E-state index contributed by atoms with van der Waals surface area (Å²) in [5.41, 5.74) is 0.872. The van der Waals surface area contributed by atoms with Crippen molar-refractivity contribution in [1.82, 2.24) is 19.2 Å². The number of amides is 1. The van der Waals surface area contributed by atoms with Gasteiger partial charge in [-0.05, 0) is 30.7 Å². The van der Waals surface area contributed by atoms with Gasteiger partial charge in [-0.1, -0.05) is 50.6 Å². The lowest BCUT2D eigenvalue weighted by atomic mass is 10.0. The largest absolute Gasteiger partial charge is 0.346 e. The second-order valence-corrected chi connectivity index (χ2v) is 7.62. The number of aryl methyl sites for hydroxylation is 1. The fourth-order valence-electron chi connectivity index (χ4n) is 3.68. The van der Waals surface area contributed by atoms with E-state index in [2.05, 4.69) is 18.9 Å². The molecule has 0 radical (unpaired) electrons. The van der Waals surface area contributed by atoms with Crippen LogP contribution in [0.2, 0.25) is 0 Å². The molecule has 1 aliphatic heterocycles. The highest BCUT2D eigenvalue weighted by Gasteiger charge is 2.23. The second-order valence-electron chi connectivity index (χ2n) is 7.62. The van der Waals surface area contributed by atoms with Crippen LogP contribution in [0.4, 0.5) is 0 Å². The van der Waals surface area contributed by atoms with Crippen molar-refractivity contribution in [2.75, 3.05) is 13.1 Å². The second kappa shape index (κ2) is 9.02. The number of hydrogen-bond donors (Lipinski definition) is 0. The normalized spacial score (nSPS) is 17.3. The average molecular weight is 370 g/mol. The first-order chi connectivity index (χ1) is 13.1. The molecule has 2 aromatic rings. The van der Waals surface area contributed by atoms with Crippen LogP contribution in [0.3, 0.4) is 0 Å². The third kappa shape index (κ3) is 4.87. The number of unbranched alkanes of at least 4 members (excludes halogenated alkanes) is 1. The van der Waals surface area contributed by atoms with Crippen LogP contribution in [0.15, 0.2) is 35.1 Å². The van der Waals surface area contributed by atoms with Crippen molar-refractivity contribution in [2.24, 2.45) is 5.92 Å².